The molecule has 5 nitrogen and oxygen atoms in total. The lowest BCUT2D eigenvalue weighted by Gasteiger charge is -2.18. The third-order valence-electron chi connectivity index (χ3n) is 2.44. The highest BCUT2D eigenvalue weighted by atomic mass is 16.7. The van der Waals surface area contributed by atoms with E-state index in [-0.39, 0.29) is 12.2 Å². The van der Waals surface area contributed by atoms with Crippen molar-refractivity contribution in [1.82, 2.24) is 10.2 Å². The summed E-state index contributed by atoms with van der Waals surface area (Å²) in [6.07, 6.45) is 0.585. The van der Waals surface area contributed by atoms with Gasteiger partial charge in [0.1, 0.15) is 0 Å². The Morgan fingerprint density at radius 2 is 1.82 bits per heavy atom. The molecule has 0 bridgehead atoms. The van der Waals surface area contributed by atoms with E-state index in [1.54, 1.807) is 11.9 Å². The third-order valence-corrected chi connectivity index (χ3v) is 2.44. The highest BCUT2D eigenvalue weighted by molar-refractivity contribution is 5.77. The zero-order chi connectivity index (χ0) is 13.1. The Kier molecular flexibility index (Phi) is 10.1. The molecule has 1 amide bonds. The van der Waals surface area contributed by atoms with E-state index < -0.39 is 0 Å². The van der Waals surface area contributed by atoms with Gasteiger partial charge in [-0.15, -0.1) is 0 Å². The minimum atomic E-state index is -0.170. The van der Waals surface area contributed by atoms with Gasteiger partial charge in [0.05, 0.1) is 6.54 Å². The summed E-state index contributed by atoms with van der Waals surface area (Å²) < 4.78 is 10.8. The van der Waals surface area contributed by atoms with Crippen molar-refractivity contribution in [2.45, 2.75) is 33.5 Å². The average molecular weight is 246 g/mol. The van der Waals surface area contributed by atoms with Gasteiger partial charge in [-0.05, 0) is 20.8 Å². The molecule has 0 saturated carbocycles. The molecule has 0 aliphatic carbocycles. The number of nitrogens with one attached hydrogen (secondary N) is 1. The van der Waals surface area contributed by atoms with Crippen molar-refractivity contribution in [2.75, 3.05) is 39.9 Å². The van der Waals surface area contributed by atoms with Crippen LogP contribution in [-0.4, -0.2) is 57.0 Å². The summed E-state index contributed by atoms with van der Waals surface area (Å²) in [5.41, 5.74) is 0. The summed E-state index contributed by atoms with van der Waals surface area (Å²) in [6.45, 7) is 8.95. The van der Waals surface area contributed by atoms with Gasteiger partial charge >= 0.3 is 0 Å². The number of rotatable bonds is 10. The topological polar surface area (TPSA) is 50.8 Å². The smallest absolute Gasteiger partial charge is 0.236 e. The maximum atomic E-state index is 11.5. The summed E-state index contributed by atoms with van der Waals surface area (Å²) in [4.78, 5) is 13.2. The zero-order valence-corrected chi connectivity index (χ0v) is 11.5. The molecule has 0 spiro atoms. The van der Waals surface area contributed by atoms with Crippen molar-refractivity contribution in [2.24, 2.45) is 0 Å². The summed E-state index contributed by atoms with van der Waals surface area (Å²) >= 11 is 0. The number of nitrogens with zero attached hydrogens (tertiary/aromatic N) is 1. The molecule has 0 aromatic heterocycles. The number of likely N-dealkylation sites (N-methyl/N-ethyl adjacent to an activating group) is 1. The summed E-state index contributed by atoms with van der Waals surface area (Å²) in [5.74, 6) is 0.108. The van der Waals surface area contributed by atoms with Crippen molar-refractivity contribution >= 4 is 5.91 Å². The normalized spacial score (nSPS) is 10.9. The Balaban J connectivity index is 3.63. The van der Waals surface area contributed by atoms with Crippen molar-refractivity contribution in [1.29, 1.82) is 0 Å². The van der Waals surface area contributed by atoms with Gasteiger partial charge in [-0.3, -0.25) is 4.79 Å². The Hall–Kier alpha value is -0.650. The number of hydrogen-bond donors (Lipinski definition) is 1. The Morgan fingerprint density at radius 1 is 1.24 bits per heavy atom. The van der Waals surface area contributed by atoms with Gasteiger partial charge in [-0.25, -0.2) is 0 Å². The van der Waals surface area contributed by atoms with E-state index in [4.69, 9.17) is 9.47 Å². The van der Waals surface area contributed by atoms with Crippen molar-refractivity contribution in [3.8, 4) is 0 Å². The predicted molar refractivity (Wildman–Crippen MR) is 67.8 cm³/mol. The molecule has 0 rings (SSSR count). The molecule has 0 heterocycles. The van der Waals surface area contributed by atoms with Gasteiger partial charge in [0.2, 0.25) is 5.91 Å². The van der Waals surface area contributed by atoms with Gasteiger partial charge in [-0.1, -0.05) is 0 Å². The SMILES string of the molecule is CCOC(CCNCC(=O)N(C)CC)OCC. The van der Waals surface area contributed by atoms with Gasteiger partial charge in [0.25, 0.3) is 0 Å². The van der Waals surface area contributed by atoms with Crippen molar-refractivity contribution < 1.29 is 14.3 Å². The maximum absolute atomic E-state index is 11.5. The molecule has 0 aromatic carbocycles. The fourth-order valence-electron chi connectivity index (χ4n) is 1.31. The highest BCUT2D eigenvalue weighted by Gasteiger charge is 2.09. The summed E-state index contributed by atoms with van der Waals surface area (Å²) in [7, 11) is 1.80. The van der Waals surface area contributed by atoms with Crippen LogP contribution in [0.4, 0.5) is 0 Å². The van der Waals surface area contributed by atoms with Crippen LogP contribution in [0.2, 0.25) is 0 Å². The average Bonchev–Trinajstić information content (AvgIpc) is 2.33. The lowest BCUT2D eigenvalue weighted by Crippen LogP contribution is -2.36. The van der Waals surface area contributed by atoms with E-state index in [1.165, 1.54) is 0 Å². The van der Waals surface area contributed by atoms with Crippen LogP contribution >= 0.6 is 0 Å². The van der Waals surface area contributed by atoms with Crippen LogP contribution in [0.15, 0.2) is 0 Å². The number of amides is 1. The van der Waals surface area contributed by atoms with Gasteiger partial charge < -0.3 is 19.7 Å². The largest absolute Gasteiger partial charge is 0.353 e. The van der Waals surface area contributed by atoms with E-state index in [2.05, 4.69) is 5.32 Å². The quantitative estimate of drug-likeness (QED) is 0.458. The molecule has 0 radical (unpaired) electrons. The molecule has 1 N–H and O–H groups in total. The van der Waals surface area contributed by atoms with E-state index in [1.807, 2.05) is 20.8 Å². The monoisotopic (exact) mass is 246 g/mol. The summed E-state index contributed by atoms with van der Waals surface area (Å²) in [5, 5.41) is 3.10. The minimum absolute atomic E-state index is 0.108. The van der Waals surface area contributed by atoms with Crippen LogP contribution < -0.4 is 5.32 Å². The van der Waals surface area contributed by atoms with Crippen LogP contribution in [-0.2, 0) is 14.3 Å². The Labute approximate surface area is 104 Å². The fraction of sp³-hybridized carbons (Fsp3) is 0.917. The molecule has 17 heavy (non-hydrogen) atoms. The molecule has 5 heteroatoms. The van der Waals surface area contributed by atoms with Crippen LogP contribution in [0.1, 0.15) is 27.2 Å². The molecule has 0 atom stereocenters. The first-order valence-electron chi connectivity index (χ1n) is 6.33. The molecule has 0 saturated heterocycles. The van der Waals surface area contributed by atoms with E-state index in [9.17, 15) is 4.79 Å². The van der Waals surface area contributed by atoms with Gasteiger partial charge in [-0.2, -0.15) is 0 Å². The van der Waals surface area contributed by atoms with Crippen molar-refractivity contribution in [3.63, 3.8) is 0 Å². The zero-order valence-electron chi connectivity index (χ0n) is 11.5. The lowest BCUT2D eigenvalue weighted by molar-refractivity contribution is -0.139. The second kappa shape index (κ2) is 10.5. The third kappa shape index (κ3) is 8.12. The van der Waals surface area contributed by atoms with Crippen molar-refractivity contribution in [3.05, 3.63) is 0 Å². The van der Waals surface area contributed by atoms with Crippen LogP contribution in [0.5, 0.6) is 0 Å². The highest BCUT2D eigenvalue weighted by Crippen LogP contribution is 1.99. The maximum Gasteiger partial charge on any atom is 0.236 e. The molecular weight excluding hydrogens is 220 g/mol. The Morgan fingerprint density at radius 3 is 2.29 bits per heavy atom. The van der Waals surface area contributed by atoms with Gasteiger partial charge in [0.15, 0.2) is 6.29 Å². The molecule has 0 aromatic rings. The molecule has 0 aliphatic heterocycles. The number of ether oxygens (including phenoxy) is 2. The minimum Gasteiger partial charge on any atom is -0.353 e. The van der Waals surface area contributed by atoms with E-state index in [0.29, 0.717) is 26.3 Å². The van der Waals surface area contributed by atoms with Crippen LogP contribution in [0.3, 0.4) is 0 Å². The number of carbonyl (C=O) groups excluding carboxylic acids is 1. The standard InChI is InChI=1S/C12H26N2O3/c1-5-14(4)11(15)10-13-9-8-12(16-6-2)17-7-3/h12-13H,5-10H2,1-4H3. The molecular formula is C12H26N2O3. The second-order valence-electron chi connectivity index (χ2n) is 3.71. The molecule has 102 valence electrons. The number of carbonyl (C=O) groups is 1. The predicted octanol–water partition coefficient (Wildman–Crippen LogP) is 0.844. The van der Waals surface area contributed by atoms with E-state index in [0.717, 1.165) is 13.0 Å². The first-order valence-corrected chi connectivity index (χ1v) is 6.33. The van der Waals surface area contributed by atoms with Gasteiger partial charge in [0, 0.05) is 39.8 Å². The molecule has 0 aliphatic rings. The molecule has 0 unspecified atom stereocenters. The number of hydrogen-bond acceptors (Lipinski definition) is 4. The van der Waals surface area contributed by atoms with E-state index >= 15 is 0 Å². The summed E-state index contributed by atoms with van der Waals surface area (Å²) in [6, 6.07) is 0. The Bertz CT molecular complexity index is 194. The first-order chi connectivity index (χ1) is 8.15. The lowest BCUT2D eigenvalue weighted by atomic mass is 10.4. The first kappa shape index (κ1) is 16.4. The second-order valence-corrected chi connectivity index (χ2v) is 3.71. The molecule has 0 fully saturated rings. The van der Waals surface area contributed by atoms with Crippen LogP contribution in [0.25, 0.3) is 0 Å². The van der Waals surface area contributed by atoms with Crippen LogP contribution in [0, 0.1) is 0 Å². The fourth-order valence-corrected chi connectivity index (χ4v) is 1.31.